The molecule has 0 N–H and O–H groups in total. The molecule has 26 heavy (non-hydrogen) atoms. The van der Waals surface area contributed by atoms with E-state index in [1.807, 2.05) is 0 Å². The first kappa shape index (κ1) is 17.0. The number of hydrogen-bond donors (Lipinski definition) is 0. The summed E-state index contributed by atoms with van der Waals surface area (Å²) in [5.74, 6) is 2.69. The van der Waals surface area contributed by atoms with Crippen LogP contribution in [0, 0.1) is 17.8 Å². The van der Waals surface area contributed by atoms with Gasteiger partial charge in [0.15, 0.2) is 0 Å². The predicted octanol–water partition coefficient (Wildman–Crippen LogP) is 4.22. The van der Waals surface area contributed by atoms with Crippen molar-refractivity contribution >= 4 is 17.2 Å². The van der Waals surface area contributed by atoms with Crippen molar-refractivity contribution in [3.63, 3.8) is 0 Å². The van der Waals surface area contributed by atoms with Gasteiger partial charge in [0.05, 0.1) is 5.69 Å². The summed E-state index contributed by atoms with van der Waals surface area (Å²) in [5, 5.41) is 0.879. The molecule has 1 aromatic heterocycles. The minimum atomic E-state index is 0.327. The van der Waals surface area contributed by atoms with Crippen LogP contribution < -0.4 is 4.74 Å². The lowest BCUT2D eigenvalue weighted by Gasteiger charge is -2.38. The van der Waals surface area contributed by atoms with E-state index < -0.39 is 0 Å². The van der Waals surface area contributed by atoms with Crippen LogP contribution in [0.2, 0.25) is 0 Å². The molecule has 2 heterocycles. The Bertz CT molecular complexity index is 631. The molecule has 4 nitrogen and oxygen atoms in total. The van der Waals surface area contributed by atoms with Gasteiger partial charge in [-0.1, -0.05) is 30.6 Å². The fraction of sp³-hybridized carbons (Fsp3) is 0.810. The largest absolute Gasteiger partial charge is 0.467 e. The van der Waals surface area contributed by atoms with Crippen molar-refractivity contribution in [3.05, 3.63) is 10.6 Å². The zero-order chi connectivity index (χ0) is 17.5. The molecule has 142 valence electrons. The molecule has 0 aromatic carbocycles. The minimum Gasteiger partial charge on any atom is -0.467 e. The molecule has 1 aromatic rings. The van der Waals surface area contributed by atoms with E-state index in [2.05, 4.69) is 4.90 Å². The van der Waals surface area contributed by atoms with E-state index in [1.54, 1.807) is 11.3 Å². The van der Waals surface area contributed by atoms with E-state index in [4.69, 9.17) is 9.72 Å². The number of ether oxygens (including phenoxy) is 1. The Morgan fingerprint density at radius 2 is 1.69 bits per heavy atom. The van der Waals surface area contributed by atoms with Crippen molar-refractivity contribution < 1.29 is 9.53 Å². The Balaban J connectivity index is 1.14. The van der Waals surface area contributed by atoms with E-state index in [9.17, 15) is 4.79 Å². The van der Waals surface area contributed by atoms with Crippen molar-refractivity contribution in [1.82, 2.24) is 9.88 Å². The number of amides is 1. The summed E-state index contributed by atoms with van der Waals surface area (Å²) in [6.07, 6.45) is 13.9. The zero-order valence-corrected chi connectivity index (χ0v) is 16.4. The molecule has 0 radical (unpaired) electrons. The average molecular weight is 375 g/mol. The van der Waals surface area contributed by atoms with Gasteiger partial charge in [0.25, 0.3) is 5.19 Å². The summed E-state index contributed by atoms with van der Waals surface area (Å²) in [6, 6.07) is 0. The van der Waals surface area contributed by atoms with Crippen LogP contribution in [-0.2, 0) is 17.6 Å². The lowest BCUT2D eigenvalue weighted by molar-refractivity contribution is -0.132. The van der Waals surface area contributed by atoms with Gasteiger partial charge in [0.1, 0.15) is 6.10 Å². The van der Waals surface area contributed by atoms with Crippen molar-refractivity contribution in [1.29, 1.82) is 0 Å². The Morgan fingerprint density at radius 3 is 2.38 bits per heavy atom. The highest BCUT2D eigenvalue weighted by Crippen LogP contribution is 2.42. The number of hydrogen-bond acceptors (Lipinski definition) is 4. The van der Waals surface area contributed by atoms with Crippen LogP contribution in [0.1, 0.15) is 68.4 Å². The summed E-state index contributed by atoms with van der Waals surface area (Å²) in [5.41, 5.74) is 1.18. The van der Waals surface area contributed by atoms with Gasteiger partial charge in [0, 0.05) is 36.7 Å². The summed E-state index contributed by atoms with van der Waals surface area (Å²) < 4.78 is 6.28. The zero-order valence-electron chi connectivity index (χ0n) is 15.6. The average Bonchev–Trinajstić information content (AvgIpc) is 3.40. The fourth-order valence-electron chi connectivity index (χ4n) is 4.93. The monoisotopic (exact) mass is 374 g/mol. The third-order valence-corrected chi connectivity index (χ3v) is 8.08. The number of rotatable bonds is 4. The Kier molecular flexibility index (Phi) is 4.68. The highest BCUT2D eigenvalue weighted by Gasteiger charge is 2.35. The standard InChI is InChI=1S/C21H30N2O2S/c24-20(16-4-5-16)23-12-10-18-19(11-13-23)26-21(22-18)25-17-8-6-15(7-9-17)14-2-1-3-14/h14-17H,1-13H2. The topological polar surface area (TPSA) is 42.4 Å². The first-order chi connectivity index (χ1) is 12.8. The molecule has 3 saturated carbocycles. The van der Waals surface area contributed by atoms with Crippen LogP contribution in [0.25, 0.3) is 0 Å². The number of fused-ring (bicyclic) bond motifs is 1. The number of aromatic nitrogens is 1. The minimum absolute atomic E-state index is 0.327. The van der Waals surface area contributed by atoms with Crippen LogP contribution in [0.3, 0.4) is 0 Å². The molecule has 5 rings (SSSR count). The summed E-state index contributed by atoms with van der Waals surface area (Å²) in [7, 11) is 0. The normalized spacial score (nSPS) is 29.6. The van der Waals surface area contributed by atoms with Crippen LogP contribution in [-0.4, -0.2) is 35.0 Å². The fourth-order valence-corrected chi connectivity index (χ4v) is 5.94. The molecule has 0 bridgehead atoms. The van der Waals surface area contributed by atoms with Crippen LogP contribution in [0.15, 0.2) is 0 Å². The maximum absolute atomic E-state index is 12.3. The predicted molar refractivity (Wildman–Crippen MR) is 103 cm³/mol. The van der Waals surface area contributed by atoms with E-state index in [0.29, 0.717) is 17.9 Å². The lowest BCUT2D eigenvalue weighted by Crippen LogP contribution is -2.34. The second kappa shape index (κ2) is 7.14. The third-order valence-electron chi connectivity index (χ3n) is 7.03. The van der Waals surface area contributed by atoms with Crippen LogP contribution >= 0.6 is 11.3 Å². The molecule has 0 unspecified atom stereocenters. The van der Waals surface area contributed by atoms with E-state index in [1.165, 1.54) is 55.5 Å². The molecule has 4 aliphatic rings. The van der Waals surface area contributed by atoms with E-state index in [-0.39, 0.29) is 0 Å². The second-order valence-corrected chi connectivity index (χ2v) is 9.84. The van der Waals surface area contributed by atoms with Crippen LogP contribution in [0.5, 0.6) is 5.19 Å². The van der Waals surface area contributed by atoms with Crippen molar-refractivity contribution in [3.8, 4) is 5.19 Å². The van der Waals surface area contributed by atoms with Gasteiger partial charge >= 0.3 is 0 Å². The summed E-state index contributed by atoms with van der Waals surface area (Å²) in [4.78, 5) is 20.5. The highest BCUT2D eigenvalue weighted by atomic mass is 32.1. The molecule has 0 spiro atoms. The van der Waals surface area contributed by atoms with E-state index in [0.717, 1.165) is 55.8 Å². The summed E-state index contributed by atoms with van der Waals surface area (Å²) in [6.45, 7) is 1.69. The molecule has 0 saturated heterocycles. The summed E-state index contributed by atoms with van der Waals surface area (Å²) >= 11 is 1.73. The van der Waals surface area contributed by atoms with Crippen LogP contribution in [0.4, 0.5) is 0 Å². The molecule has 0 atom stereocenters. The molecule has 1 aliphatic heterocycles. The quantitative estimate of drug-likeness (QED) is 0.792. The Hall–Kier alpha value is -1.10. The molecule has 3 aliphatic carbocycles. The number of carbonyl (C=O) groups is 1. The van der Waals surface area contributed by atoms with Gasteiger partial charge in [-0.2, -0.15) is 0 Å². The highest BCUT2D eigenvalue weighted by molar-refractivity contribution is 7.13. The van der Waals surface area contributed by atoms with Crippen molar-refractivity contribution in [2.45, 2.75) is 76.7 Å². The molecule has 3 fully saturated rings. The smallest absolute Gasteiger partial charge is 0.273 e. The van der Waals surface area contributed by atoms with Gasteiger partial charge in [-0.25, -0.2) is 4.98 Å². The molecular formula is C21H30N2O2S. The van der Waals surface area contributed by atoms with Gasteiger partial charge < -0.3 is 9.64 Å². The number of thiazole rings is 1. The van der Waals surface area contributed by atoms with Gasteiger partial charge in [0.2, 0.25) is 5.91 Å². The molecule has 5 heteroatoms. The SMILES string of the molecule is O=C(C1CC1)N1CCc2nc(OC3CCC(C4CCC4)CC3)sc2CC1. The first-order valence-corrected chi connectivity index (χ1v) is 11.5. The first-order valence-electron chi connectivity index (χ1n) is 10.7. The van der Waals surface area contributed by atoms with Gasteiger partial charge in [-0.15, -0.1) is 0 Å². The van der Waals surface area contributed by atoms with E-state index >= 15 is 0 Å². The van der Waals surface area contributed by atoms with Crippen molar-refractivity contribution in [2.24, 2.45) is 17.8 Å². The number of carbonyl (C=O) groups excluding carboxylic acids is 1. The maximum atomic E-state index is 12.3. The Labute approximate surface area is 160 Å². The number of nitrogens with zero attached hydrogens (tertiary/aromatic N) is 2. The second-order valence-electron chi connectivity index (χ2n) is 8.79. The maximum Gasteiger partial charge on any atom is 0.273 e. The molecule has 1 amide bonds. The van der Waals surface area contributed by atoms with Gasteiger partial charge in [-0.05, 0) is 50.4 Å². The third kappa shape index (κ3) is 3.51. The Morgan fingerprint density at radius 1 is 0.962 bits per heavy atom. The van der Waals surface area contributed by atoms with Gasteiger partial charge in [-0.3, -0.25) is 4.79 Å². The lowest BCUT2D eigenvalue weighted by atomic mass is 9.70. The molecular weight excluding hydrogens is 344 g/mol. The van der Waals surface area contributed by atoms with Crippen molar-refractivity contribution in [2.75, 3.05) is 13.1 Å².